The van der Waals surface area contributed by atoms with E-state index < -0.39 is 60.2 Å². The number of nitrogens with zero attached hydrogens (tertiary/aromatic N) is 1. The van der Waals surface area contributed by atoms with Gasteiger partial charge in [0.15, 0.2) is 11.2 Å². The highest BCUT2D eigenvalue weighted by molar-refractivity contribution is 7.13. The summed E-state index contributed by atoms with van der Waals surface area (Å²) in [5.41, 5.74) is 0.431. The third-order valence-electron chi connectivity index (χ3n) is 12.3. The lowest BCUT2D eigenvalue weighted by Crippen LogP contribution is -2.65. The molecule has 2 aromatic carbocycles. The monoisotopic (exact) mass is 843 g/mol. The maximum atomic E-state index is 14.8. The number of amides is 4. The Kier molecular flexibility index (Phi) is 12.3. The fourth-order valence-corrected chi connectivity index (χ4v) is 9.83. The highest BCUT2D eigenvalue weighted by atomic mass is 32.1. The number of carbonyl (C=O) groups is 5. The minimum absolute atomic E-state index is 0.0378. The number of esters is 1. The van der Waals surface area contributed by atoms with E-state index in [1.165, 1.54) is 7.11 Å². The van der Waals surface area contributed by atoms with Crippen LogP contribution in [-0.2, 0) is 46.2 Å². The van der Waals surface area contributed by atoms with Crippen molar-refractivity contribution in [2.24, 2.45) is 17.3 Å². The molecule has 5 unspecified atom stereocenters. The Morgan fingerprint density at radius 2 is 1.82 bits per heavy atom. The molecule has 7 atom stereocenters. The van der Waals surface area contributed by atoms with Crippen LogP contribution >= 0.6 is 11.3 Å². The van der Waals surface area contributed by atoms with Crippen molar-refractivity contribution in [2.75, 3.05) is 12.4 Å². The van der Waals surface area contributed by atoms with E-state index in [0.717, 1.165) is 29.7 Å². The van der Waals surface area contributed by atoms with E-state index in [1.54, 1.807) is 44.4 Å². The standard InChI is InChI=1S/C43H54BN5O10S/c1-41(2,3)57-38(53)27-16-11-15-25(35(27)55-7)19-32(44-58-31-21-26-20-30(42(26,4)5)43(31,6)59-44)47-37(52)34(48-36(51)28-17-12-18-33(50)45-28)29-23-60-39(46-29)49-40(54)56-22-24-13-9-8-10-14-24/h8-11,13-16,23,26,28,30-32,34H,12,17-22H2,1-7H3,(H,45,50)(H,47,52)(H,48,51)(H,46,49,54)/t26?,28?,30?,31?,32-,34?,43-/m0/s1. The van der Waals surface area contributed by atoms with Gasteiger partial charge in [0.2, 0.25) is 17.7 Å². The lowest BCUT2D eigenvalue weighted by molar-refractivity contribution is -0.199. The number of piperidine rings is 1. The molecule has 4 N–H and O–H groups in total. The topological polar surface area (TPSA) is 193 Å². The predicted molar refractivity (Wildman–Crippen MR) is 223 cm³/mol. The smallest absolute Gasteiger partial charge is 0.482 e. The van der Waals surface area contributed by atoms with Gasteiger partial charge in [0.05, 0.1) is 30.4 Å². The highest BCUT2D eigenvalue weighted by Gasteiger charge is 2.68. The quantitative estimate of drug-likeness (QED) is 0.122. The van der Waals surface area contributed by atoms with Crippen LogP contribution in [-0.4, -0.2) is 78.3 Å². The van der Waals surface area contributed by atoms with Crippen LogP contribution in [0.2, 0.25) is 0 Å². The summed E-state index contributed by atoms with van der Waals surface area (Å²) in [6.07, 6.45) is 2.17. The van der Waals surface area contributed by atoms with Crippen LogP contribution in [0.15, 0.2) is 53.9 Å². The molecule has 3 saturated carbocycles. The molecule has 8 rings (SSSR count). The van der Waals surface area contributed by atoms with Gasteiger partial charge in [-0.25, -0.2) is 14.6 Å². The summed E-state index contributed by atoms with van der Waals surface area (Å²) in [7, 11) is 0.546. The van der Waals surface area contributed by atoms with Crippen molar-refractivity contribution < 1.29 is 47.5 Å². The summed E-state index contributed by atoms with van der Waals surface area (Å²) in [5, 5.41) is 13.0. The number of benzene rings is 2. The van der Waals surface area contributed by atoms with E-state index in [4.69, 9.17) is 23.5 Å². The second-order valence-corrected chi connectivity index (χ2v) is 18.7. The molecule has 0 spiro atoms. The summed E-state index contributed by atoms with van der Waals surface area (Å²) >= 11 is 1.05. The Balaban J connectivity index is 1.18. The van der Waals surface area contributed by atoms with Gasteiger partial charge in [0.25, 0.3) is 0 Å². The first-order chi connectivity index (χ1) is 28.4. The first kappa shape index (κ1) is 43.1. The molecule has 2 saturated heterocycles. The number of rotatable bonds is 13. The SMILES string of the molecule is COc1c(C[C@H](NC(=O)C(NC(=O)C2CCCC(=O)N2)c2csc(NC(=O)OCc3ccccc3)n2)B2OC3CC4CC(C4(C)C)[C@]3(C)O2)cccc1C(=O)OC(C)(C)C. The fourth-order valence-electron chi connectivity index (χ4n) is 9.11. The molecule has 5 fully saturated rings. The van der Waals surface area contributed by atoms with Gasteiger partial charge in [0, 0.05) is 11.8 Å². The normalized spacial score (nSPS) is 25.1. The molecule has 2 aliphatic heterocycles. The summed E-state index contributed by atoms with van der Waals surface area (Å²) in [6, 6.07) is 12.1. The molecule has 1 aromatic heterocycles. The second-order valence-electron chi connectivity index (χ2n) is 17.9. The summed E-state index contributed by atoms with van der Waals surface area (Å²) in [5.74, 6) is -1.90. The summed E-state index contributed by atoms with van der Waals surface area (Å²) in [6.45, 7) is 12.0. The summed E-state index contributed by atoms with van der Waals surface area (Å²) in [4.78, 5) is 71.4. The average Bonchev–Trinajstić information content (AvgIpc) is 3.82. The van der Waals surface area contributed by atoms with Crippen LogP contribution in [0.25, 0.3) is 0 Å². The number of para-hydroxylation sites is 1. The highest BCUT2D eigenvalue weighted by Crippen LogP contribution is 2.65. The number of hydrogen-bond acceptors (Lipinski definition) is 12. The van der Waals surface area contributed by atoms with Crippen LogP contribution in [0.4, 0.5) is 9.93 Å². The molecule has 3 aliphatic carbocycles. The van der Waals surface area contributed by atoms with E-state index in [9.17, 15) is 24.0 Å². The number of ether oxygens (including phenoxy) is 3. The minimum Gasteiger partial charge on any atom is -0.496 e. The molecular formula is C43H54BN5O10S. The number of carbonyl (C=O) groups excluding carboxylic acids is 5. The van der Waals surface area contributed by atoms with Gasteiger partial charge in [-0.3, -0.25) is 19.7 Å². The van der Waals surface area contributed by atoms with Crippen molar-refractivity contribution in [3.63, 3.8) is 0 Å². The van der Waals surface area contributed by atoms with Gasteiger partial charge in [-0.1, -0.05) is 56.3 Å². The molecule has 3 heterocycles. The average molecular weight is 844 g/mol. The van der Waals surface area contributed by atoms with E-state index in [1.807, 2.05) is 30.3 Å². The van der Waals surface area contributed by atoms with Crippen LogP contribution in [0.5, 0.6) is 5.75 Å². The maximum Gasteiger partial charge on any atom is 0.482 e. The molecule has 4 amide bonds. The molecular weight excluding hydrogens is 789 g/mol. The Morgan fingerprint density at radius 3 is 2.52 bits per heavy atom. The zero-order valence-corrected chi connectivity index (χ0v) is 35.9. The maximum absolute atomic E-state index is 14.8. The lowest BCUT2D eigenvalue weighted by Gasteiger charge is -2.64. The van der Waals surface area contributed by atoms with Crippen molar-refractivity contribution in [3.8, 4) is 5.75 Å². The number of hydrogen-bond donors (Lipinski definition) is 4. The third-order valence-corrected chi connectivity index (χ3v) is 13.1. The molecule has 17 heteroatoms. The van der Waals surface area contributed by atoms with Crippen molar-refractivity contribution in [2.45, 2.75) is 122 Å². The van der Waals surface area contributed by atoms with Crippen molar-refractivity contribution in [3.05, 3.63) is 76.3 Å². The molecule has 5 aliphatic rings. The first-order valence-electron chi connectivity index (χ1n) is 20.5. The lowest BCUT2D eigenvalue weighted by atomic mass is 9.43. The van der Waals surface area contributed by atoms with E-state index in [2.05, 4.69) is 47.0 Å². The molecule has 3 aromatic rings. The Labute approximate surface area is 354 Å². The largest absolute Gasteiger partial charge is 0.496 e. The first-order valence-corrected chi connectivity index (χ1v) is 21.4. The number of nitrogens with one attached hydrogen (secondary N) is 4. The molecule has 0 radical (unpaired) electrons. The zero-order chi connectivity index (χ0) is 43.0. The van der Waals surface area contributed by atoms with Crippen LogP contribution in [0, 0.1) is 17.3 Å². The van der Waals surface area contributed by atoms with Crippen LogP contribution < -0.4 is 26.0 Å². The van der Waals surface area contributed by atoms with Crippen molar-refractivity contribution >= 4 is 53.4 Å². The zero-order valence-electron chi connectivity index (χ0n) is 35.1. The van der Waals surface area contributed by atoms with Gasteiger partial charge >= 0.3 is 19.2 Å². The van der Waals surface area contributed by atoms with Gasteiger partial charge in [-0.2, -0.15) is 0 Å². The van der Waals surface area contributed by atoms with Gasteiger partial charge in [-0.15, -0.1) is 11.3 Å². The second kappa shape index (κ2) is 17.2. The molecule has 320 valence electrons. The number of anilines is 1. The van der Waals surface area contributed by atoms with Gasteiger partial charge < -0.3 is 39.5 Å². The number of thiazole rings is 1. The fraction of sp³-hybridized carbons (Fsp3) is 0.535. The molecule has 60 heavy (non-hydrogen) atoms. The number of aromatic nitrogens is 1. The van der Waals surface area contributed by atoms with Crippen molar-refractivity contribution in [1.82, 2.24) is 20.9 Å². The predicted octanol–water partition coefficient (Wildman–Crippen LogP) is 5.68. The molecule has 15 nitrogen and oxygen atoms in total. The summed E-state index contributed by atoms with van der Waals surface area (Å²) < 4.78 is 30.5. The minimum atomic E-state index is -1.37. The van der Waals surface area contributed by atoms with Crippen LogP contribution in [0.3, 0.4) is 0 Å². The van der Waals surface area contributed by atoms with Gasteiger partial charge in [0.1, 0.15) is 29.6 Å². The Bertz CT molecular complexity index is 2110. The number of methoxy groups -OCH3 is 1. The van der Waals surface area contributed by atoms with E-state index in [-0.39, 0.29) is 58.5 Å². The Hall–Kier alpha value is -5.00. The van der Waals surface area contributed by atoms with Crippen LogP contribution in [0.1, 0.15) is 107 Å². The Morgan fingerprint density at radius 1 is 1.05 bits per heavy atom. The third kappa shape index (κ3) is 9.17. The van der Waals surface area contributed by atoms with Crippen molar-refractivity contribution in [1.29, 1.82) is 0 Å². The molecule has 2 bridgehead atoms. The van der Waals surface area contributed by atoms with Gasteiger partial charge in [-0.05, 0) is 94.2 Å². The van der Waals surface area contributed by atoms with E-state index in [0.29, 0.717) is 30.7 Å². The van der Waals surface area contributed by atoms with E-state index >= 15 is 0 Å².